The van der Waals surface area contributed by atoms with Crippen molar-refractivity contribution in [1.82, 2.24) is 59.9 Å². The summed E-state index contributed by atoms with van der Waals surface area (Å²) in [6, 6.07) is 18.5. The highest BCUT2D eigenvalue weighted by Gasteiger charge is 2.36. The summed E-state index contributed by atoms with van der Waals surface area (Å²) >= 11 is 24.4. The molecule has 2 aromatic carbocycles. The van der Waals surface area contributed by atoms with Crippen molar-refractivity contribution in [3.8, 4) is 6.07 Å². The average Bonchev–Trinajstić information content (AvgIpc) is 3.96. The van der Waals surface area contributed by atoms with E-state index in [0.29, 0.717) is 84.3 Å². The molecule has 0 amide bonds. The monoisotopic (exact) mass is 1090 g/mol. The Kier molecular flexibility index (Phi) is 22.3. The lowest BCUT2D eigenvalue weighted by molar-refractivity contribution is 0.0562. The number of nitrogens with zero attached hydrogens (tertiary/aromatic N) is 10. The number of benzene rings is 2. The summed E-state index contributed by atoms with van der Waals surface area (Å²) in [5, 5.41) is 15.3. The molecule has 4 aromatic heterocycles. The first-order valence-corrected chi connectivity index (χ1v) is 25.2. The van der Waals surface area contributed by atoms with E-state index in [9.17, 15) is 19.6 Å². The second-order valence-electron chi connectivity index (χ2n) is 17.7. The Bertz CT molecular complexity index is 2840. The van der Waals surface area contributed by atoms with Gasteiger partial charge in [0, 0.05) is 101 Å². The van der Waals surface area contributed by atoms with Gasteiger partial charge in [-0.05, 0) is 81.4 Å². The minimum absolute atomic E-state index is 0. The highest BCUT2D eigenvalue weighted by molar-refractivity contribution is 6.32. The molecule has 6 aromatic rings. The van der Waals surface area contributed by atoms with Crippen LogP contribution in [0.1, 0.15) is 81.8 Å². The van der Waals surface area contributed by atoms with E-state index in [1.807, 2.05) is 24.3 Å². The summed E-state index contributed by atoms with van der Waals surface area (Å²) in [6.07, 6.45) is 7.38. The molecule has 4 aliphatic heterocycles. The smallest absolute Gasteiger partial charge is 0.326 e. The van der Waals surface area contributed by atoms with E-state index in [1.54, 1.807) is 24.3 Å². The number of piperidine rings is 2. The van der Waals surface area contributed by atoms with Crippen LogP contribution < -0.4 is 26.5 Å². The molecule has 73 heavy (non-hydrogen) atoms. The minimum atomic E-state index is -0.342. The van der Waals surface area contributed by atoms with Gasteiger partial charge in [0.2, 0.25) is 0 Å². The summed E-state index contributed by atoms with van der Waals surface area (Å²) in [5.74, 6) is 1.27. The van der Waals surface area contributed by atoms with Crippen LogP contribution >= 0.6 is 46.4 Å². The number of hydrogen-bond acceptors (Lipinski definition) is 14. The van der Waals surface area contributed by atoms with Crippen LogP contribution in [0, 0.1) is 11.3 Å². The molecule has 1 unspecified atom stereocenters. The number of imidazole rings is 2. The summed E-state index contributed by atoms with van der Waals surface area (Å²) < 4.78 is 16.0. The minimum Gasteiger partial charge on any atom is -0.351 e. The fourth-order valence-electron chi connectivity index (χ4n) is 10.0. The SMILES string of the molecule is C.CC[C@H]1CN(c2nc3[nH]c(=O)[nH]c3nc2Cl)CCN1C1CCN(C(C#N)c2ccc(Cl)cc2)CC1.CC[C@H]1CN(c2nc3[nH]c(=O)[nH]c3nc2Cl)CCN1C1CCNCC1.F.FF.O=Cc1ccc(Cl)cc1. The van der Waals surface area contributed by atoms with Crippen LogP contribution in [-0.2, 0) is 0 Å². The first-order chi connectivity index (χ1) is 34.4. The van der Waals surface area contributed by atoms with Gasteiger partial charge in [0.15, 0.2) is 44.5 Å². The number of hydrogen-bond donors (Lipinski definition) is 5. The number of halogens is 7. The van der Waals surface area contributed by atoms with Gasteiger partial charge in [-0.1, -0.05) is 91.9 Å². The van der Waals surface area contributed by atoms with Gasteiger partial charge in [0.1, 0.15) is 12.3 Å². The molecule has 0 bridgehead atoms. The van der Waals surface area contributed by atoms with E-state index >= 15 is 0 Å². The maximum absolute atomic E-state index is 11.6. The largest absolute Gasteiger partial charge is 0.351 e. The molecule has 25 heteroatoms. The van der Waals surface area contributed by atoms with Gasteiger partial charge in [-0.3, -0.25) is 44.1 Å². The van der Waals surface area contributed by atoms with E-state index in [-0.39, 0.29) is 29.6 Å². The Labute approximate surface area is 441 Å². The van der Waals surface area contributed by atoms with Crippen LogP contribution in [0.15, 0.2) is 58.1 Å². The van der Waals surface area contributed by atoms with E-state index in [4.69, 9.17) is 55.6 Å². The molecule has 0 spiro atoms. The predicted octanol–water partition coefficient (Wildman–Crippen LogP) is 8.32. The zero-order valence-corrected chi connectivity index (χ0v) is 42.8. The van der Waals surface area contributed by atoms with E-state index < -0.39 is 0 Å². The maximum Gasteiger partial charge on any atom is 0.326 e. The van der Waals surface area contributed by atoms with Crippen molar-refractivity contribution in [2.45, 2.75) is 90.0 Å². The van der Waals surface area contributed by atoms with Crippen LogP contribution in [0.25, 0.3) is 22.6 Å². The van der Waals surface area contributed by atoms with Crippen molar-refractivity contribution in [3.63, 3.8) is 0 Å². The average molecular weight is 1100 g/mol. The quantitative estimate of drug-likeness (QED) is 0.0861. The highest BCUT2D eigenvalue weighted by Crippen LogP contribution is 2.32. The molecule has 5 N–H and O–H groups in total. The Morgan fingerprint density at radius 2 is 1.07 bits per heavy atom. The van der Waals surface area contributed by atoms with Gasteiger partial charge < -0.3 is 15.1 Å². The van der Waals surface area contributed by atoms with E-state index in [1.165, 1.54) is 12.8 Å². The zero-order valence-electron chi connectivity index (χ0n) is 39.8. The highest BCUT2D eigenvalue weighted by atomic mass is 35.5. The number of carbonyl (C=O) groups excluding carboxylic acids is 1. The van der Waals surface area contributed by atoms with Crippen LogP contribution in [0.4, 0.5) is 25.5 Å². The Balaban J connectivity index is 0.000000226. The number of aldehydes is 1. The van der Waals surface area contributed by atoms with Crippen LogP contribution in [0.3, 0.4) is 0 Å². The Hall–Kier alpha value is -5.31. The first-order valence-electron chi connectivity index (χ1n) is 23.7. The number of carbonyl (C=O) groups is 1. The number of aromatic amines is 4. The fourth-order valence-corrected chi connectivity index (χ4v) is 10.8. The van der Waals surface area contributed by atoms with Gasteiger partial charge >= 0.3 is 11.4 Å². The van der Waals surface area contributed by atoms with Crippen LogP contribution in [-0.4, -0.2) is 150 Å². The van der Waals surface area contributed by atoms with E-state index in [0.717, 1.165) is 103 Å². The van der Waals surface area contributed by atoms with Crippen molar-refractivity contribution in [2.24, 2.45) is 0 Å². The molecule has 4 fully saturated rings. The number of nitrogens with one attached hydrogen (secondary N) is 5. The number of nitriles is 1. The second kappa shape index (κ2) is 27.8. The third-order valence-corrected chi connectivity index (χ3v) is 14.6. The number of anilines is 2. The number of aromatic nitrogens is 8. The van der Waals surface area contributed by atoms with Crippen molar-refractivity contribution in [2.75, 3.05) is 75.2 Å². The molecule has 0 saturated carbocycles. The predicted molar refractivity (Wildman–Crippen MR) is 284 cm³/mol. The number of H-pyrrole nitrogens is 4. The van der Waals surface area contributed by atoms with Crippen LogP contribution in [0.2, 0.25) is 20.4 Å². The summed E-state index contributed by atoms with van der Waals surface area (Å²) in [4.78, 5) is 73.3. The third kappa shape index (κ3) is 14.5. The molecule has 0 radical (unpaired) electrons. The molecule has 3 atom stereocenters. The van der Waals surface area contributed by atoms with Gasteiger partial charge in [0.25, 0.3) is 0 Å². The van der Waals surface area contributed by atoms with Gasteiger partial charge in [-0.15, -0.1) is 0 Å². The van der Waals surface area contributed by atoms with Gasteiger partial charge in [0.05, 0.1) is 6.07 Å². The molecule has 0 aliphatic carbocycles. The number of likely N-dealkylation sites (tertiary alicyclic amines) is 1. The summed E-state index contributed by atoms with van der Waals surface area (Å²) in [7, 11) is 0. The van der Waals surface area contributed by atoms with E-state index in [2.05, 4.69) is 89.6 Å². The molecular weight excluding hydrogens is 1030 g/mol. The Morgan fingerprint density at radius 3 is 1.48 bits per heavy atom. The molecule has 4 aliphatic rings. The normalized spacial score (nSPS) is 19.4. The standard InChI is InChI=1S/C24H28Cl2N8O.C16H24ClN7O.C7H5ClO.CH4.F2.FH/c1-2-17-14-33(23-20(26)28-21-22(29-23)31-24(35)30-21)11-12-34(17)18-7-9-32(10-8-18)19(13-27)15-3-5-16(25)6-4-15;1-2-10-9-23(7-8-24(10)11-3-5-18-6-4-11)15-12(17)19-13-14(20-15)22-16(25)21-13;8-7-3-1-6(5-9)2-4-7;;1-2;/h3-6,17-19H,2,7-12,14H2,1H3,(H2,28,29,30,31,35);10-11,18H,2-9H2,1H3,(H2,19,20,21,22,25);1-5H;1H4;;1H/t17-,19?;10-;;;;/m00..../s1. The number of rotatable bonds is 9. The molecule has 18 nitrogen and oxygen atoms in total. The lowest BCUT2D eigenvalue weighted by Gasteiger charge is -2.48. The topological polar surface area (TPSA) is 218 Å². The fraction of sp³-hybridized carbons (Fsp3) is 0.500. The maximum atomic E-state index is 11.6. The van der Waals surface area contributed by atoms with Crippen molar-refractivity contribution >= 4 is 86.9 Å². The van der Waals surface area contributed by atoms with Crippen molar-refractivity contribution in [1.29, 1.82) is 5.26 Å². The number of fused-ring (bicyclic) bond motifs is 2. The number of piperazine rings is 2. The lowest BCUT2D eigenvalue weighted by atomic mass is 9.96. The summed E-state index contributed by atoms with van der Waals surface area (Å²) in [6.45, 7) is 13.7. The Morgan fingerprint density at radius 1 is 0.658 bits per heavy atom. The molecule has 4 saturated heterocycles. The molecular formula is C48H62Cl4F3N15O3. The first kappa shape index (κ1) is 58.6. The molecule has 396 valence electrons. The molecule has 10 rings (SSSR count). The van der Waals surface area contributed by atoms with Crippen molar-refractivity contribution < 1.29 is 18.6 Å². The van der Waals surface area contributed by atoms with Gasteiger partial charge in [-0.25, -0.2) is 29.5 Å². The molecule has 8 heterocycles. The van der Waals surface area contributed by atoms with Gasteiger partial charge in [-0.2, -0.15) is 5.26 Å². The lowest BCUT2D eigenvalue weighted by Crippen LogP contribution is -2.58. The van der Waals surface area contributed by atoms with Crippen LogP contribution in [0.5, 0.6) is 0 Å². The summed E-state index contributed by atoms with van der Waals surface area (Å²) in [5.41, 5.74) is 2.64. The third-order valence-electron chi connectivity index (χ3n) is 13.6. The van der Waals surface area contributed by atoms with Crippen molar-refractivity contribution in [3.05, 3.63) is 101 Å². The zero-order chi connectivity index (χ0) is 50.6. The second-order valence-corrected chi connectivity index (χ2v) is 19.3.